The summed E-state index contributed by atoms with van der Waals surface area (Å²) in [5.41, 5.74) is 7.34. The molecule has 98 valence electrons. The summed E-state index contributed by atoms with van der Waals surface area (Å²) in [6.45, 7) is 4.16. The topological polar surface area (TPSA) is 98.8 Å². The van der Waals surface area contributed by atoms with Gasteiger partial charge in [0.05, 0.1) is 23.4 Å². The Morgan fingerprint density at radius 3 is 2.89 bits per heavy atom. The minimum Gasteiger partial charge on any atom is -0.395 e. The Morgan fingerprint density at radius 2 is 2.33 bits per heavy atom. The van der Waals surface area contributed by atoms with Crippen molar-refractivity contribution in [1.29, 1.82) is 5.26 Å². The molecule has 1 unspecified atom stereocenters. The first-order valence-corrected chi connectivity index (χ1v) is 5.99. The molecule has 0 aromatic carbocycles. The average molecular weight is 249 g/mol. The zero-order chi connectivity index (χ0) is 13.7. The van der Waals surface area contributed by atoms with E-state index in [0.717, 1.165) is 18.5 Å². The number of H-pyrrole nitrogens is 1. The number of nitrogens with one attached hydrogen (secondary N) is 1. The first kappa shape index (κ1) is 14.0. The van der Waals surface area contributed by atoms with Crippen LogP contribution in [0.4, 0.5) is 5.69 Å². The minimum absolute atomic E-state index is 0.214. The maximum absolute atomic E-state index is 12.1. The lowest BCUT2D eigenvalue weighted by atomic mass is 10.1. The number of aromatic amines is 1. The van der Waals surface area contributed by atoms with Crippen LogP contribution in [-0.2, 0) is 6.42 Å². The maximum atomic E-state index is 12.1. The summed E-state index contributed by atoms with van der Waals surface area (Å²) in [4.78, 5) is 13.6. The molecule has 0 fully saturated rings. The largest absolute Gasteiger partial charge is 0.395 e. The quantitative estimate of drug-likeness (QED) is 0.818. The molecule has 1 aromatic heterocycles. The first-order chi connectivity index (χ1) is 8.51. The van der Waals surface area contributed by atoms with E-state index in [1.807, 2.05) is 6.92 Å². The first-order valence-electron chi connectivity index (χ1n) is 5.99. The molecule has 1 rings (SSSR count). The van der Waals surface area contributed by atoms with Crippen LogP contribution in [-0.4, -0.2) is 34.6 Å². The number of hydrogen-bond donors (Lipinski definition) is 2. The smallest absolute Gasteiger partial charge is 0.276 e. The van der Waals surface area contributed by atoms with E-state index in [2.05, 4.69) is 16.3 Å². The maximum Gasteiger partial charge on any atom is 0.276 e. The van der Waals surface area contributed by atoms with Crippen LogP contribution in [0.1, 0.15) is 36.5 Å². The van der Waals surface area contributed by atoms with Gasteiger partial charge in [-0.2, -0.15) is 10.4 Å². The van der Waals surface area contributed by atoms with Gasteiger partial charge >= 0.3 is 0 Å². The van der Waals surface area contributed by atoms with Gasteiger partial charge in [0.15, 0.2) is 5.69 Å². The number of nitriles is 1. The Morgan fingerprint density at radius 1 is 1.67 bits per heavy atom. The molecule has 6 nitrogen and oxygen atoms in total. The third-order valence-electron chi connectivity index (χ3n) is 2.70. The summed E-state index contributed by atoms with van der Waals surface area (Å²) >= 11 is 0. The number of carbonyl (C=O) groups is 1. The van der Waals surface area contributed by atoms with E-state index in [-0.39, 0.29) is 17.5 Å². The van der Waals surface area contributed by atoms with Crippen LogP contribution in [0.15, 0.2) is 0 Å². The van der Waals surface area contributed by atoms with E-state index in [9.17, 15) is 4.79 Å². The Balaban J connectivity index is 2.81. The Bertz CT molecular complexity index is 460. The number of nitrogens with two attached hydrogens (primary N) is 1. The SMILES string of the molecule is CCCc1[nH]nc(C(=O)N(C)CC(C)C#N)c1N. The van der Waals surface area contributed by atoms with Gasteiger partial charge in [-0.25, -0.2) is 0 Å². The van der Waals surface area contributed by atoms with Crippen molar-refractivity contribution in [3.05, 3.63) is 11.4 Å². The second-order valence-corrected chi connectivity index (χ2v) is 4.43. The Kier molecular flexibility index (Phi) is 4.72. The molecule has 0 radical (unpaired) electrons. The molecule has 1 aromatic rings. The predicted molar refractivity (Wildman–Crippen MR) is 68.7 cm³/mol. The van der Waals surface area contributed by atoms with Crippen molar-refractivity contribution < 1.29 is 4.79 Å². The molecule has 0 aliphatic heterocycles. The lowest BCUT2D eigenvalue weighted by Gasteiger charge is -2.17. The van der Waals surface area contributed by atoms with Crippen molar-refractivity contribution in [1.82, 2.24) is 15.1 Å². The summed E-state index contributed by atoms with van der Waals surface area (Å²) in [7, 11) is 1.64. The molecule has 3 N–H and O–H groups in total. The summed E-state index contributed by atoms with van der Waals surface area (Å²) in [6, 6.07) is 2.09. The van der Waals surface area contributed by atoms with Crippen molar-refractivity contribution in [2.45, 2.75) is 26.7 Å². The van der Waals surface area contributed by atoms with Gasteiger partial charge in [-0.15, -0.1) is 0 Å². The third kappa shape index (κ3) is 3.00. The van der Waals surface area contributed by atoms with Crippen molar-refractivity contribution >= 4 is 11.6 Å². The van der Waals surface area contributed by atoms with Gasteiger partial charge in [0, 0.05) is 13.6 Å². The molecular formula is C12H19N5O. The predicted octanol–water partition coefficient (Wildman–Crippen LogP) is 1.18. The van der Waals surface area contributed by atoms with Crippen LogP contribution in [0.5, 0.6) is 0 Å². The minimum atomic E-state index is -0.256. The lowest BCUT2D eigenvalue weighted by molar-refractivity contribution is 0.0780. The normalized spacial score (nSPS) is 11.9. The fourth-order valence-corrected chi connectivity index (χ4v) is 1.71. The summed E-state index contributed by atoms with van der Waals surface area (Å²) in [5, 5.41) is 15.5. The van der Waals surface area contributed by atoms with Crippen LogP contribution in [0.25, 0.3) is 0 Å². The molecule has 0 saturated carbocycles. The molecule has 0 aliphatic carbocycles. The molecule has 18 heavy (non-hydrogen) atoms. The fraction of sp³-hybridized carbons (Fsp3) is 0.583. The third-order valence-corrected chi connectivity index (χ3v) is 2.70. The number of anilines is 1. The molecule has 1 heterocycles. The molecular weight excluding hydrogens is 230 g/mol. The van der Waals surface area contributed by atoms with E-state index in [4.69, 9.17) is 11.0 Å². The van der Waals surface area contributed by atoms with Gasteiger partial charge < -0.3 is 10.6 Å². The molecule has 0 spiro atoms. The van der Waals surface area contributed by atoms with Crippen molar-refractivity contribution in [3.8, 4) is 6.07 Å². The summed E-state index contributed by atoms with van der Waals surface area (Å²) < 4.78 is 0. The Hall–Kier alpha value is -2.03. The lowest BCUT2D eigenvalue weighted by Crippen LogP contribution is -2.31. The average Bonchev–Trinajstić information content (AvgIpc) is 2.70. The standard InChI is InChI=1S/C12H19N5O/c1-4-5-9-10(14)11(16-15-9)12(18)17(3)7-8(2)6-13/h8H,4-5,7,14H2,1-3H3,(H,15,16). The number of rotatable bonds is 5. The van der Waals surface area contributed by atoms with Gasteiger partial charge in [0.2, 0.25) is 0 Å². The van der Waals surface area contributed by atoms with E-state index in [1.165, 1.54) is 4.90 Å². The molecule has 0 bridgehead atoms. The summed E-state index contributed by atoms with van der Waals surface area (Å²) in [5.74, 6) is -0.470. The van der Waals surface area contributed by atoms with Crippen LogP contribution < -0.4 is 5.73 Å². The van der Waals surface area contributed by atoms with Crippen LogP contribution >= 0.6 is 0 Å². The number of nitrogens with zero attached hydrogens (tertiary/aromatic N) is 3. The van der Waals surface area contributed by atoms with Gasteiger partial charge in [0.1, 0.15) is 0 Å². The summed E-state index contributed by atoms with van der Waals surface area (Å²) in [6.07, 6.45) is 1.70. The number of amides is 1. The Labute approximate surface area is 107 Å². The van der Waals surface area contributed by atoms with Crippen LogP contribution in [0, 0.1) is 17.2 Å². The fourth-order valence-electron chi connectivity index (χ4n) is 1.71. The molecule has 0 aliphatic rings. The van der Waals surface area contributed by atoms with Crippen molar-refractivity contribution in [2.24, 2.45) is 5.92 Å². The molecule has 1 atom stereocenters. The molecule has 1 amide bonds. The second kappa shape index (κ2) is 6.05. The number of aromatic nitrogens is 2. The van der Waals surface area contributed by atoms with Gasteiger partial charge in [-0.3, -0.25) is 9.89 Å². The van der Waals surface area contributed by atoms with Crippen molar-refractivity contribution in [3.63, 3.8) is 0 Å². The van der Waals surface area contributed by atoms with Gasteiger partial charge in [-0.05, 0) is 13.3 Å². The number of nitrogen functional groups attached to an aromatic ring is 1. The number of hydrogen-bond acceptors (Lipinski definition) is 4. The highest BCUT2D eigenvalue weighted by Gasteiger charge is 2.21. The van der Waals surface area contributed by atoms with E-state index in [0.29, 0.717) is 12.2 Å². The van der Waals surface area contributed by atoms with Crippen molar-refractivity contribution in [2.75, 3.05) is 19.3 Å². The van der Waals surface area contributed by atoms with E-state index < -0.39 is 0 Å². The van der Waals surface area contributed by atoms with E-state index in [1.54, 1.807) is 14.0 Å². The number of carbonyl (C=O) groups excluding carboxylic acids is 1. The monoisotopic (exact) mass is 249 g/mol. The van der Waals surface area contributed by atoms with Crippen LogP contribution in [0.2, 0.25) is 0 Å². The van der Waals surface area contributed by atoms with Gasteiger partial charge in [-0.1, -0.05) is 13.3 Å². The highest BCUT2D eigenvalue weighted by atomic mass is 16.2. The highest BCUT2D eigenvalue weighted by Crippen LogP contribution is 2.17. The molecule has 6 heteroatoms. The van der Waals surface area contributed by atoms with Gasteiger partial charge in [0.25, 0.3) is 5.91 Å². The van der Waals surface area contributed by atoms with E-state index >= 15 is 0 Å². The zero-order valence-corrected chi connectivity index (χ0v) is 11.0. The highest BCUT2D eigenvalue weighted by molar-refractivity contribution is 5.97. The second-order valence-electron chi connectivity index (χ2n) is 4.43. The molecule has 0 saturated heterocycles. The van der Waals surface area contributed by atoms with Crippen LogP contribution in [0.3, 0.4) is 0 Å². The number of aryl methyl sites for hydroxylation is 1. The zero-order valence-electron chi connectivity index (χ0n) is 11.0.